The topological polar surface area (TPSA) is 26.2 Å². The standard InChI is InChI=1S/C12H12BrClN2O/c1-17-11-4-7-9(5-8(11)14)16-3-2-15-6-10(16)12(7)13/h4-5,15H,2-3,6H2,1H3. The molecule has 1 aliphatic rings. The van der Waals surface area contributed by atoms with Gasteiger partial charge in [-0.25, -0.2) is 0 Å². The molecule has 0 amide bonds. The molecule has 3 nitrogen and oxygen atoms in total. The van der Waals surface area contributed by atoms with Gasteiger partial charge in [-0.2, -0.15) is 0 Å². The number of hydrogen-bond acceptors (Lipinski definition) is 2. The molecule has 0 fully saturated rings. The number of fused-ring (bicyclic) bond motifs is 3. The minimum atomic E-state index is 0.659. The fourth-order valence-corrected chi connectivity index (χ4v) is 3.25. The lowest BCUT2D eigenvalue weighted by atomic mass is 10.2. The van der Waals surface area contributed by atoms with Crippen molar-refractivity contribution in [3.63, 3.8) is 0 Å². The highest BCUT2D eigenvalue weighted by Gasteiger charge is 2.19. The molecule has 0 saturated carbocycles. The van der Waals surface area contributed by atoms with Crippen LogP contribution in [0.3, 0.4) is 0 Å². The molecule has 3 rings (SSSR count). The molecule has 90 valence electrons. The Morgan fingerprint density at radius 1 is 1.47 bits per heavy atom. The van der Waals surface area contributed by atoms with Gasteiger partial charge in [-0.3, -0.25) is 0 Å². The summed E-state index contributed by atoms with van der Waals surface area (Å²) in [7, 11) is 1.64. The van der Waals surface area contributed by atoms with Crippen molar-refractivity contribution in [2.45, 2.75) is 13.1 Å². The van der Waals surface area contributed by atoms with Crippen molar-refractivity contribution in [2.75, 3.05) is 13.7 Å². The molecule has 1 N–H and O–H groups in total. The van der Waals surface area contributed by atoms with Crippen LogP contribution in [-0.2, 0) is 13.1 Å². The Morgan fingerprint density at radius 2 is 2.29 bits per heavy atom. The van der Waals surface area contributed by atoms with E-state index in [0.717, 1.165) is 35.2 Å². The van der Waals surface area contributed by atoms with Crippen molar-refractivity contribution >= 4 is 38.4 Å². The maximum atomic E-state index is 6.19. The van der Waals surface area contributed by atoms with E-state index in [9.17, 15) is 0 Å². The molecule has 2 aromatic rings. The van der Waals surface area contributed by atoms with E-state index in [1.165, 1.54) is 11.2 Å². The number of aromatic nitrogens is 1. The highest BCUT2D eigenvalue weighted by molar-refractivity contribution is 9.10. The SMILES string of the molecule is COc1cc2c(Br)c3n(c2cc1Cl)CCNC3. The van der Waals surface area contributed by atoms with Crippen molar-refractivity contribution in [1.82, 2.24) is 9.88 Å². The van der Waals surface area contributed by atoms with E-state index in [1.54, 1.807) is 7.11 Å². The third-order valence-electron chi connectivity index (χ3n) is 3.18. The van der Waals surface area contributed by atoms with Crippen LogP contribution in [0, 0.1) is 0 Å². The molecule has 0 radical (unpaired) electrons. The van der Waals surface area contributed by atoms with E-state index in [0.29, 0.717) is 5.02 Å². The predicted molar refractivity (Wildman–Crippen MR) is 72.9 cm³/mol. The Labute approximate surface area is 113 Å². The van der Waals surface area contributed by atoms with Gasteiger partial charge in [0.25, 0.3) is 0 Å². The molecular weight excluding hydrogens is 304 g/mol. The van der Waals surface area contributed by atoms with Crippen LogP contribution < -0.4 is 10.1 Å². The van der Waals surface area contributed by atoms with Gasteiger partial charge in [0.05, 0.1) is 17.6 Å². The second-order valence-corrected chi connectivity index (χ2v) is 5.29. The first-order chi connectivity index (χ1) is 8.22. The number of methoxy groups -OCH3 is 1. The highest BCUT2D eigenvalue weighted by atomic mass is 79.9. The summed E-state index contributed by atoms with van der Waals surface area (Å²) in [6.07, 6.45) is 0. The zero-order valence-electron chi connectivity index (χ0n) is 9.39. The molecule has 1 aromatic heterocycles. The van der Waals surface area contributed by atoms with Gasteiger partial charge in [0.2, 0.25) is 0 Å². The van der Waals surface area contributed by atoms with E-state index in [2.05, 4.69) is 25.8 Å². The van der Waals surface area contributed by atoms with Crippen LogP contribution in [0.1, 0.15) is 5.69 Å². The first-order valence-electron chi connectivity index (χ1n) is 5.47. The second-order valence-electron chi connectivity index (χ2n) is 4.09. The zero-order chi connectivity index (χ0) is 12.0. The summed E-state index contributed by atoms with van der Waals surface area (Å²) in [5, 5.41) is 5.19. The molecule has 0 spiro atoms. The minimum Gasteiger partial charge on any atom is -0.495 e. The number of rotatable bonds is 1. The van der Waals surface area contributed by atoms with Gasteiger partial charge in [-0.1, -0.05) is 11.6 Å². The molecule has 0 atom stereocenters. The molecule has 0 aliphatic carbocycles. The Kier molecular flexibility index (Phi) is 2.81. The first kappa shape index (κ1) is 11.4. The van der Waals surface area contributed by atoms with E-state index < -0.39 is 0 Å². The van der Waals surface area contributed by atoms with Crippen LogP contribution in [0.4, 0.5) is 0 Å². The van der Waals surface area contributed by atoms with Crippen LogP contribution in [-0.4, -0.2) is 18.2 Å². The summed E-state index contributed by atoms with van der Waals surface area (Å²) in [6, 6.07) is 3.97. The van der Waals surface area contributed by atoms with Gasteiger partial charge < -0.3 is 14.6 Å². The molecule has 1 aromatic carbocycles. The van der Waals surface area contributed by atoms with E-state index in [-0.39, 0.29) is 0 Å². The predicted octanol–water partition coefficient (Wildman–Crippen LogP) is 3.17. The lowest BCUT2D eigenvalue weighted by Gasteiger charge is -2.17. The Bertz CT molecular complexity index is 594. The number of hydrogen-bond donors (Lipinski definition) is 1. The van der Waals surface area contributed by atoms with Gasteiger partial charge in [-0.05, 0) is 28.1 Å². The lowest BCUT2D eigenvalue weighted by molar-refractivity contribution is 0.415. The number of nitrogens with one attached hydrogen (secondary N) is 1. The number of ether oxygens (including phenoxy) is 1. The first-order valence-corrected chi connectivity index (χ1v) is 6.64. The molecule has 5 heteroatoms. The second kappa shape index (κ2) is 4.19. The van der Waals surface area contributed by atoms with Gasteiger partial charge in [-0.15, -0.1) is 0 Å². The van der Waals surface area contributed by atoms with Crippen LogP contribution in [0.25, 0.3) is 10.9 Å². The van der Waals surface area contributed by atoms with Crippen molar-refractivity contribution in [1.29, 1.82) is 0 Å². The van der Waals surface area contributed by atoms with Crippen LogP contribution in [0.2, 0.25) is 5.02 Å². The molecule has 2 heterocycles. The van der Waals surface area contributed by atoms with Crippen LogP contribution in [0.5, 0.6) is 5.75 Å². The van der Waals surface area contributed by atoms with E-state index in [1.807, 2.05) is 12.1 Å². The summed E-state index contributed by atoms with van der Waals surface area (Å²) in [5.41, 5.74) is 2.44. The third kappa shape index (κ3) is 1.66. The molecule has 17 heavy (non-hydrogen) atoms. The number of nitrogens with zero attached hydrogens (tertiary/aromatic N) is 1. The summed E-state index contributed by atoms with van der Waals surface area (Å²) in [4.78, 5) is 0. The Morgan fingerprint density at radius 3 is 3.06 bits per heavy atom. The normalized spacial score (nSPS) is 15.0. The smallest absolute Gasteiger partial charge is 0.138 e. The van der Waals surface area contributed by atoms with Gasteiger partial charge >= 0.3 is 0 Å². The van der Waals surface area contributed by atoms with Crippen LogP contribution >= 0.6 is 27.5 Å². The summed E-state index contributed by atoms with van der Waals surface area (Å²) < 4.78 is 8.70. The number of halogens is 2. The highest BCUT2D eigenvalue weighted by Crippen LogP contribution is 2.38. The molecule has 0 saturated heterocycles. The molecule has 0 bridgehead atoms. The zero-order valence-corrected chi connectivity index (χ0v) is 11.7. The third-order valence-corrected chi connectivity index (χ3v) is 4.36. The van der Waals surface area contributed by atoms with Crippen molar-refractivity contribution in [3.8, 4) is 5.75 Å². The van der Waals surface area contributed by atoms with Crippen molar-refractivity contribution < 1.29 is 4.74 Å². The van der Waals surface area contributed by atoms with Gasteiger partial charge in [0.15, 0.2) is 0 Å². The fraction of sp³-hybridized carbons (Fsp3) is 0.333. The summed E-state index contributed by atoms with van der Waals surface area (Å²) in [6.45, 7) is 2.85. The average Bonchev–Trinajstić information content (AvgIpc) is 2.63. The monoisotopic (exact) mass is 314 g/mol. The molecule has 0 unspecified atom stereocenters. The summed E-state index contributed by atoms with van der Waals surface area (Å²) in [5.74, 6) is 0.718. The minimum absolute atomic E-state index is 0.659. The van der Waals surface area contributed by atoms with Crippen molar-refractivity contribution in [3.05, 3.63) is 27.3 Å². The molecule has 1 aliphatic heterocycles. The van der Waals surface area contributed by atoms with E-state index in [4.69, 9.17) is 16.3 Å². The summed E-state index contributed by atoms with van der Waals surface area (Å²) >= 11 is 9.85. The van der Waals surface area contributed by atoms with E-state index >= 15 is 0 Å². The maximum Gasteiger partial charge on any atom is 0.138 e. The molecular formula is C12H12BrClN2O. The maximum absolute atomic E-state index is 6.19. The lowest BCUT2D eigenvalue weighted by Crippen LogP contribution is -2.27. The Balaban J connectivity index is 2.34. The number of benzene rings is 1. The van der Waals surface area contributed by atoms with Gasteiger partial charge in [0.1, 0.15) is 5.75 Å². The quantitative estimate of drug-likeness (QED) is 0.875. The fourth-order valence-electron chi connectivity index (χ4n) is 2.34. The largest absolute Gasteiger partial charge is 0.495 e. The Hall–Kier alpha value is -0.710. The van der Waals surface area contributed by atoms with Crippen LogP contribution in [0.15, 0.2) is 16.6 Å². The van der Waals surface area contributed by atoms with Gasteiger partial charge in [0, 0.05) is 35.2 Å². The average molecular weight is 316 g/mol. The van der Waals surface area contributed by atoms with Crippen molar-refractivity contribution in [2.24, 2.45) is 0 Å².